The number of carbonyl (C=O) groups is 1. The maximum Gasteiger partial charge on any atom is 0.263 e. The minimum absolute atomic E-state index is 0.0213. The van der Waals surface area contributed by atoms with Crippen molar-refractivity contribution in [3.63, 3.8) is 0 Å². The summed E-state index contributed by atoms with van der Waals surface area (Å²) in [6.45, 7) is 0. The Kier molecular flexibility index (Phi) is 4.24. The Hall–Kier alpha value is -2.49. The van der Waals surface area contributed by atoms with Crippen LogP contribution in [0.15, 0.2) is 60.3 Å². The summed E-state index contributed by atoms with van der Waals surface area (Å²) in [4.78, 5) is 12.9. The van der Waals surface area contributed by atoms with Crippen LogP contribution < -0.4 is 5.32 Å². The summed E-state index contributed by atoms with van der Waals surface area (Å²) < 4.78 is 25.9. The number of halogens is 2. The van der Waals surface area contributed by atoms with Crippen molar-refractivity contribution in [3.8, 4) is 0 Å². The molecule has 118 valence electrons. The molecule has 0 saturated carbocycles. The van der Waals surface area contributed by atoms with Gasteiger partial charge in [-0.3, -0.25) is 4.79 Å². The quantitative estimate of drug-likeness (QED) is 0.911. The molecule has 4 heteroatoms. The monoisotopic (exact) mass is 313 g/mol. The third kappa shape index (κ3) is 2.89. The Balaban J connectivity index is 2.00. The number of Topliss-reactive ketones (excluding diaryl/α,β-unsaturated/α-hetero) is 1. The SMILES string of the molecule is CNC1=C(c2cccc(C(F)F)c2)C(=O)C(c2ccccc2)C1. The molecule has 23 heavy (non-hydrogen) atoms. The molecule has 0 radical (unpaired) electrons. The van der Waals surface area contributed by atoms with E-state index in [1.54, 1.807) is 19.2 Å². The second kappa shape index (κ2) is 6.32. The summed E-state index contributed by atoms with van der Waals surface area (Å²) in [7, 11) is 1.76. The number of hydrogen-bond acceptors (Lipinski definition) is 2. The van der Waals surface area contributed by atoms with Crippen molar-refractivity contribution in [3.05, 3.63) is 77.0 Å². The van der Waals surface area contributed by atoms with E-state index in [1.165, 1.54) is 12.1 Å². The highest BCUT2D eigenvalue weighted by molar-refractivity contribution is 6.26. The minimum atomic E-state index is -2.55. The Morgan fingerprint density at radius 3 is 2.48 bits per heavy atom. The van der Waals surface area contributed by atoms with Crippen molar-refractivity contribution in [2.24, 2.45) is 0 Å². The molecule has 0 bridgehead atoms. The van der Waals surface area contributed by atoms with Gasteiger partial charge < -0.3 is 5.32 Å². The predicted octanol–water partition coefficient (Wildman–Crippen LogP) is 4.31. The molecule has 0 aliphatic heterocycles. The van der Waals surface area contributed by atoms with E-state index in [9.17, 15) is 13.6 Å². The van der Waals surface area contributed by atoms with Gasteiger partial charge in [0.15, 0.2) is 5.78 Å². The molecule has 1 atom stereocenters. The van der Waals surface area contributed by atoms with Crippen LogP contribution in [0, 0.1) is 0 Å². The van der Waals surface area contributed by atoms with Crippen LogP contribution in [0.1, 0.15) is 35.5 Å². The van der Waals surface area contributed by atoms with Gasteiger partial charge in [-0.15, -0.1) is 0 Å². The van der Waals surface area contributed by atoms with Gasteiger partial charge in [0.05, 0.1) is 5.92 Å². The number of hydrogen-bond donors (Lipinski definition) is 1. The summed E-state index contributed by atoms with van der Waals surface area (Å²) in [5.74, 6) is -0.282. The summed E-state index contributed by atoms with van der Waals surface area (Å²) >= 11 is 0. The number of benzene rings is 2. The van der Waals surface area contributed by atoms with Crippen LogP contribution in [0.3, 0.4) is 0 Å². The van der Waals surface area contributed by atoms with Crippen LogP contribution in [0.4, 0.5) is 8.78 Å². The lowest BCUT2D eigenvalue weighted by molar-refractivity contribution is -0.114. The molecule has 3 rings (SSSR count). The van der Waals surface area contributed by atoms with Crippen LogP contribution in [-0.4, -0.2) is 12.8 Å². The first-order valence-corrected chi connectivity index (χ1v) is 7.50. The molecular formula is C19H17F2NO. The average molecular weight is 313 g/mol. The van der Waals surface area contributed by atoms with Gasteiger partial charge >= 0.3 is 0 Å². The van der Waals surface area contributed by atoms with E-state index in [-0.39, 0.29) is 17.3 Å². The molecule has 2 aromatic carbocycles. The Labute approximate surface area is 133 Å². The first-order chi connectivity index (χ1) is 11.1. The zero-order chi connectivity index (χ0) is 16.4. The van der Waals surface area contributed by atoms with E-state index in [0.717, 1.165) is 11.3 Å². The fraction of sp³-hybridized carbons (Fsp3) is 0.211. The third-order valence-electron chi connectivity index (χ3n) is 4.20. The third-order valence-corrected chi connectivity index (χ3v) is 4.20. The first kappa shape index (κ1) is 15.4. The maximum absolute atomic E-state index is 12.9. The van der Waals surface area contributed by atoms with E-state index in [2.05, 4.69) is 5.32 Å². The summed E-state index contributed by atoms with van der Waals surface area (Å²) in [5, 5.41) is 3.06. The van der Waals surface area contributed by atoms with Crippen LogP contribution in [0.25, 0.3) is 5.57 Å². The Morgan fingerprint density at radius 2 is 1.83 bits per heavy atom. The van der Waals surface area contributed by atoms with Crippen LogP contribution >= 0.6 is 0 Å². The number of nitrogens with one attached hydrogen (secondary N) is 1. The molecule has 0 aromatic heterocycles. The second-order valence-corrected chi connectivity index (χ2v) is 5.56. The first-order valence-electron chi connectivity index (χ1n) is 7.50. The molecule has 0 spiro atoms. The smallest absolute Gasteiger partial charge is 0.263 e. The number of rotatable bonds is 4. The van der Waals surface area contributed by atoms with Gasteiger partial charge in [-0.25, -0.2) is 8.78 Å². The molecule has 2 aromatic rings. The van der Waals surface area contributed by atoms with Gasteiger partial charge in [-0.1, -0.05) is 48.5 Å². The van der Waals surface area contributed by atoms with Crippen molar-refractivity contribution < 1.29 is 13.6 Å². The van der Waals surface area contributed by atoms with E-state index in [0.29, 0.717) is 17.6 Å². The molecule has 1 aliphatic carbocycles. The van der Waals surface area contributed by atoms with Gasteiger partial charge in [0.2, 0.25) is 0 Å². The van der Waals surface area contributed by atoms with Crippen molar-refractivity contribution in [2.45, 2.75) is 18.8 Å². The van der Waals surface area contributed by atoms with Gasteiger partial charge in [0, 0.05) is 30.3 Å². The summed E-state index contributed by atoms with van der Waals surface area (Å²) in [6, 6.07) is 15.6. The number of allylic oxidation sites excluding steroid dienone is 2. The molecular weight excluding hydrogens is 296 g/mol. The van der Waals surface area contributed by atoms with Crippen LogP contribution in [0.5, 0.6) is 0 Å². The highest BCUT2D eigenvalue weighted by atomic mass is 19.3. The summed E-state index contributed by atoms with van der Waals surface area (Å²) in [5.41, 5.74) is 2.75. The fourth-order valence-corrected chi connectivity index (χ4v) is 3.05. The van der Waals surface area contributed by atoms with Gasteiger partial charge in [0.1, 0.15) is 0 Å². The zero-order valence-electron chi connectivity index (χ0n) is 12.7. The molecule has 0 amide bonds. The fourth-order valence-electron chi connectivity index (χ4n) is 3.05. The second-order valence-electron chi connectivity index (χ2n) is 5.56. The number of alkyl halides is 2. The van der Waals surface area contributed by atoms with E-state index in [4.69, 9.17) is 0 Å². The lowest BCUT2D eigenvalue weighted by Crippen LogP contribution is -2.08. The molecule has 1 unspecified atom stereocenters. The Bertz CT molecular complexity index is 753. The van der Waals surface area contributed by atoms with Crippen LogP contribution in [0.2, 0.25) is 0 Å². The zero-order valence-corrected chi connectivity index (χ0v) is 12.7. The number of ketones is 1. The number of carbonyl (C=O) groups excluding carboxylic acids is 1. The van der Waals surface area contributed by atoms with E-state index >= 15 is 0 Å². The molecule has 0 heterocycles. The minimum Gasteiger partial charge on any atom is -0.391 e. The Morgan fingerprint density at radius 1 is 1.09 bits per heavy atom. The largest absolute Gasteiger partial charge is 0.391 e. The maximum atomic E-state index is 12.9. The van der Waals surface area contributed by atoms with E-state index in [1.807, 2.05) is 30.3 Å². The van der Waals surface area contributed by atoms with Gasteiger partial charge in [-0.05, 0) is 17.2 Å². The highest BCUT2D eigenvalue weighted by Gasteiger charge is 2.34. The van der Waals surface area contributed by atoms with Crippen molar-refractivity contribution >= 4 is 11.4 Å². The van der Waals surface area contributed by atoms with Gasteiger partial charge in [-0.2, -0.15) is 0 Å². The molecule has 1 N–H and O–H groups in total. The van der Waals surface area contributed by atoms with Crippen molar-refractivity contribution in [2.75, 3.05) is 7.05 Å². The van der Waals surface area contributed by atoms with Crippen LogP contribution in [-0.2, 0) is 4.79 Å². The normalized spacial score (nSPS) is 17.9. The molecule has 2 nitrogen and oxygen atoms in total. The van der Waals surface area contributed by atoms with Crippen molar-refractivity contribution in [1.82, 2.24) is 5.32 Å². The van der Waals surface area contributed by atoms with Crippen molar-refractivity contribution in [1.29, 1.82) is 0 Å². The predicted molar refractivity (Wildman–Crippen MR) is 86.2 cm³/mol. The topological polar surface area (TPSA) is 29.1 Å². The molecule has 0 fully saturated rings. The average Bonchev–Trinajstić information content (AvgIpc) is 2.92. The molecule has 1 aliphatic rings. The standard InChI is InChI=1S/C19H17F2NO/c1-22-16-11-15(12-6-3-2-4-7-12)18(23)17(16)13-8-5-9-14(10-13)19(20)21/h2-10,15,19,22H,11H2,1H3. The summed E-state index contributed by atoms with van der Waals surface area (Å²) in [6.07, 6.45) is -1.98. The highest BCUT2D eigenvalue weighted by Crippen LogP contribution is 2.39. The lowest BCUT2D eigenvalue weighted by atomic mass is 9.92. The van der Waals surface area contributed by atoms with Gasteiger partial charge in [0.25, 0.3) is 6.43 Å². The molecule has 0 saturated heterocycles. The lowest BCUT2D eigenvalue weighted by Gasteiger charge is -2.10. The van der Waals surface area contributed by atoms with E-state index < -0.39 is 6.43 Å².